The van der Waals surface area contributed by atoms with E-state index in [4.69, 9.17) is 5.73 Å². The Balaban J connectivity index is 2.12. The fraction of sp³-hybridized carbons (Fsp3) is 0.308. The van der Waals surface area contributed by atoms with Crippen molar-refractivity contribution in [2.45, 2.75) is 13.1 Å². The Labute approximate surface area is 116 Å². The van der Waals surface area contributed by atoms with E-state index in [1.165, 1.54) is 6.07 Å². The van der Waals surface area contributed by atoms with Crippen LogP contribution in [0.1, 0.15) is 11.4 Å². The standard InChI is InChI=1S/C13H17N5O2/c1-16(9-12-15-6-7-17(12)2)8-10-4-3-5-11(13(10)14)18(19)20/h3-7H,8-9,14H2,1-2H3. The lowest BCUT2D eigenvalue weighted by Crippen LogP contribution is -2.20. The van der Waals surface area contributed by atoms with Gasteiger partial charge in [-0.15, -0.1) is 0 Å². The van der Waals surface area contributed by atoms with Crippen LogP contribution in [0.15, 0.2) is 30.6 Å². The monoisotopic (exact) mass is 275 g/mol. The maximum absolute atomic E-state index is 10.9. The average Bonchev–Trinajstić information content (AvgIpc) is 2.77. The Morgan fingerprint density at radius 1 is 1.45 bits per heavy atom. The zero-order chi connectivity index (χ0) is 14.7. The van der Waals surface area contributed by atoms with Crippen molar-refractivity contribution < 1.29 is 4.92 Å². The van der Waals surface area contributed by atoms with Crippen LogP contribution in [0.25, 0.3) is 0 Å². The number of nitro benzene ring substituents is 1. The van der Waals surface area contributed by atoms with Crippen molar-refractivity contribution in [3.8, 4) is 0 Å². The second-order valence-corrected chi connectivity index (χ2v) is 4.73. The summed E-state index contributed by atoms with van der Waals surface area (Å²) in [6.07, 6.45) is 3.62. The molecular formula is C13H17N5O2. The van der Waals surface area contributed by atoms with Gasteiger partial charge in [-0.1, -0.05) is 12.1 Å². The number of nitrogen functional groups attached to an aromatic ring is 1. The van der Waals surface area contributed by atoms with Gasteiger partial charge >= 0.3 is 0 Å². The number of aryl methyl sites for hydroxylation is 1. The van der Waals surface area contributed by atoms with Crippen LogP contribution >= 0.6 is 0 Å². The van der Waals surface area contributed by atoms with Gasteiger partial charge in [0.15, 0.2) is 0 Å². The predicted octanol–water partition coefficient (Wildman–Crippen LogP) is 1.54. The third-order valence-corrected chi connectivity index (χ3v) is 3.14. The second-order valence-electron chi connectivity index (χ2n) is 4.73. The second kappa shape index (κ2) is 5.70. The highest BCUT2D eigenvalue weighted by Crippen LogP contribution is 2.25. The van der Waals surface area contributed by atoms with Crippen LogP contribution in [-0.2, 0) is 20.1 Å². The molecule has 1 heterocycles. The Morgan fingerprint density at radius 2 is 2.20 bits per heavy atom. The maximum Gasteiger partial charge on any atom is 0.292 e. The van der Waals surface area contributed by atoms with Crippen LogP contribution in [0.5, 0.6) is 0 Å². The summed E-state index contributed by atoms with van der Waals surface area (Å²) < 4.78 is 1.94. The largest absolute Gasteiger partial charge is 0.393 e. The number of hydrogen-bond acceptors (Lipinski definition) is 5. The van der Waals surface area contributed by atoms with Gasteiger partial charge in [0.25, 0.3) is 5.69 Å². The highest BCUT2D eigenvalue weighted by Gasteiger charge is 2.15. The fourth-order valence-corrected chi connectivity index (χ4v) is 2.03. The zero-order valence-corrected chi connectivity index (χ0v) is 11.5. The first-order chi connectivity index (χ1) is 9.49. The van der Waals surface area contributed by atoms with Crippen LogP contribution in [-0.4, -0.2) is 26.4 Å². The summed E-state index contributed by atoms with van der Waals surface area (Å²) in [6, 6.07) is 4.87. The molecule has 0 saturated heterocycles. The minimum absolute atomic E-state index is 0.0482. The van der Waals surface area contributed by atoms with E-state index in [2.05, 4.69) is 4.98 Å². The summed E-state index contributed by atoms with van der Waals surface area (Å²) in [5.74, 6) is 0.927. The number of anilines is 1. The molecule has 0 saturated carbocycles. The summed E-state index contributed by atoms with van der Waals surface area (Å²) >= 11 is 0. The van der Waals surface area contributed by atoms with Gasteiger partial charge in [0.2, 0.25) is 0 Å². The first-order valence-corrected chi connectivity index (χ1v) is 6.15. The number of para-hydroxylation sites is 1. The smallest absolute Gasteiger partial charge is 0.292 e. The summed E-state index contributed by atoms with van der Waals surface area (Å²) in [6.45, 7) is 1.17. The third kappa shape index (κ3) is 2.94. The van der Waals surface area contributed by atoms with E-state index < -0.39 is 4.92 Å². The number of nitrogens with two attached hydrogens (primary N) is 1. The number of rotatable bonds is 5. The normalized spacial score (nSPS) is 10.9. The predicted molar refractivity (Wildman–Crippen MR) is 75.9 cm³/mol. The van der Waals surface area contributed by atoms with E-state index >= 15 is 0 Å². The van der Waals surface area contributed by atoms with Crippen molar-refractivity contribution in [3.63, 3.8) is 0 Å². The first kappa shape index (κ1) is 14.0. The molecule has 20 heavy (non-hydrogen) atoms. The molecule has 2 rings (SSSR count). The number of nitro groups is 1. The van der Waals surface area contributed by atoms with E-state index in [0.29, 0.717) is 13.1 Å². The van der Waals surface area contributed by atoms with Gasteiger partial charge in [-0.2, -0.15) is 0 Å². The van der Waals surface area contributed by atoms with Crippen LogP contribution in [0, 0.1) is 10.1 Å². The SMILES string of the molecule is CN(Cc1cccc([N+](=O)[O-])c1N)Cc1nccn1C. The van der Waals surface area contributed by atoms with Crippen molar-refractivity contribution in [3.05, 3.63) is 52.1 Å². The van der Waals surface area contributed by atoms with Crippen LogP contribution in [0.2, 0.25) is 0 Å². The molecule has 0 aliphatic rings. The fourth-order valence-electron chi connectivity index (χ4n) is 2.03. The lowest BCUT2D eigenvalue weighted by Gasteiger charge is -2.17. The number of aromatic nitrogens is 2. The van der Waals surface area contributed by atoms with Gasteiger partial charge < -0.3 is 10.3 Å². The van der Waals surface area contributed by atoms with Gasteiger partial charge in [0.1, 0.15) is 11.5 Å². The highest BCUT2D eigenvalue weighted by molar-refractivity contribution is 5.62. The van der Waals surface area contributed by atoms with Crippen molar-refractivity contribution >= 4 is 11.4 Å². The number of nitrogens with zero attached hydrogens (tertiary/aromatic N) is 4. The molecule has 0 spiro atoms. The molecule has 106 valence electrons. The summed E-state index contributed by atoms with van der Waals surface area (Å²) in [5, 5.41) is 10.9. The average molecular weight is 275 g/mol. The molecule has 2 N–H and O–H groups in total. The Bertz CT molecular complexity index is 623. The molecule has 0 fully saturated rings. The molecule has 0 unspecified atom stereocenters. The van der Waals surface area contributed by atoms with Gasteiger partial charge in [0.05, 0.1) is 11.5 Å². The molecule has 0 atom stereocenters. The molecule has 0 aliphatic carbocycles. The molecule has 7 nitrogen and oxygen atoms in total. The molecule has 2 aromatic rings. The van der Waals surface area contributed by atoms with E-state index in [0.717, 1.165) is 11.4 Å². The summed E-state index contributed by atoms with van der Waals surface area (Å²) in [7, 11) is 3.85. The quantitative estimate of drug-likeness (QED) is 0.508. The van der Waals surface area contributed by atoms with Gasteiger partial charge in [-0.3, -0.25) is 15.0 Å². The van der Waals surface area contributed by atoms with Crippen LogP contribution in [0.4, 0.5) is 11.4 Å². The zero-order valence-electron chi connectivity index (χ0n) is 11.5. The third-order valence-electron chi connectivity index (χ3n) is 3.14. The number of benzene rings is 1. The topological polar surface area (TPSA) is 90.2 Å². The first-order valence-electron chi connectivity index (χ1n) is 6.15. The van der Waals surface area contributed by atoms with Crippen molar-refractivity contribution in [1.82, 2.24) is 14.5 Å². The number of hydrogen-bond donors (Lipinski definition) is 1. The van der Waals surface area contributed by atoms with Crippen LogP contribution in [0.3, 0.4) is 0 Å². The Kier molecular flexibility index (Phi) is 3.99. The molecule has 0 amide bonds. The molecule has 0 radical (unpaired) electrons. The summed E-state index contributed by atoms with van der Waals surface area (Å²) in [5.41, 5.74) is 6.77. The van der Waals surface area contributed by atoms with Gasteiger partial charge in [-0.25, -0.2) is 4.98 Å². The molecule has 0 bridgehead atoms. The molecule has 0 aliphatic heterocycles. The lowest BCUT2D eigenvalue weighted by molar-refractivity contribution is -0.384. The minimum Gasteiger partial charge on any atom is -0.393 e. The maximum atomic E-state index is 10.9. The highest BCUT2D eigenvalue weighted by atomic mass is 16.6. The Hall–Kier alpha value is -2.41. The molecular weight excluding hydrogens is 258 g/mol. The minimum atomic E-state index is -0.461. The van der Waals surface area contributed by atoms with E-state index in [-0.39, 0.29) is 11.4 Å². The lowest BCUT2D eigenvalue weighted by atomic mass is 10.1. The Morgan fingerprint density at radius 3 is 2.80 bits per heavy atom. The van der Waals surface area contributed by atoms with Crippen molar-refractivity contribution in [2.75, 3.05) is 12.8 Å². The van der Waals surface area contributed by atoms with Gasteiger partial charge in [-0.05, 0) is 12.6 Å². The molecule has 1 aromatic heterocycles. The number of imidazole rings is 1. The molecule has 7 heteroatoms. The van der Waals surface area contributed by atoms with Crippen LogP contribution < -0.4 is 5.73 Å². The van der Waals surface area contributed by atoms with Crippen molar-refractivity contribution in [1.29, 1.82) is 0 Å². The van der Waals surface area contributed by atoms with Crippen molar-refractivity contribution in [2.24, 2.45) is 7.05 Å². The van der Waals surface area contributed by atoms with E-state index in [1.54, 1.807) is 18.3 Å². The summed E-state index contributed by atoms with van der Waals surface area (Å²) in [4.78, 5) is 16.7. The van der Waals surface area contributed by atoms with E-state index in [1.807, 2.05) is 29.8 Å². The van der Waals surface area contributed by atoms with E-state index in [9.17, 15) is 10.1 Å². The molecule has 1 aromatic carbocycles. The van der Waals surface area contributed by atoms with Gasteiger partial charge in [0, 0.05) is 32.1 Å².